The fraction of sp³-hybridized carbons (Fsp3) is 0.538. The first-order valence-corrected chi connectivity index (χ1v) is 6.79. The van der Waals surface area contributed by atoms with E-state index in [2.05, 4.69) is 51.3 Å². The lowest BCUT2D eigenvalue weighted by molar-refractivity contribution is 0.0532. The minimum Gasteiger partial charge on any atom is -0.375 e. The number of hydrogen-bond donors (Lipinski definition) is 1. The number of hydrogen-bond acceptors (Lipinski definition) is 3. The molecule has 1 aromatic rings. The average Bonchev–Trinajstić information content (AvgIpc) is 2.32. The molecule has 0 spiro atoms. The minimum absolute atomic E-state index is 0.319. The van der Waals surface area contributed by atoms with E-state index in [1.165, 1.54) is 15.7 Å². The Morgan fingerprint density at radius 3 is 3.00 bits per heavy atom. The first-order chi connectivity index (χ1) is 8.20. The molecule has 1 heterocycles. The van der Waals surface area contributed by atoms with Crippen molar-refractivity contribution in [3.8, 4) is 0 Å². The van der Waals surface area contributed by atoms with E-state index < -0.39 is 0 Å². The second-order valence-corrected chi connectivity index (χ2v) is 5.29. The summed E-state index contributed by atoms with van der Waals surface area (Å²) in [7, 11) is 1.96. The van der Waals surface area contributed by atoms with Crippen LogP contribution in [0.3, 0.4) is 0 Å². The van der Waals surface area contributed by atoms with E-state index in [4.69, 9.17) is 4.74 Å². The zero-order valence-corrected chi connectivity index (χ0v) is 12.0. The van der Waals surface area contributed by atoms with Gasteiger partial charge in [0.1, 0.15) is 0 Å². The number of morpholine rings is 1. The van der Waals surface area contributed by atoms with E-state index in [0.29, 0.717) is 6.10 Å². The summed E-state index contributed by atoms with van der Waals surface area (Å²) in [5, 5.41) is 3.17. The molecule has 0 bridgehead atoms. The summed E-state index contributed by atoms with van der Waals surface area (Å²) in [5.74, 6) is 0. The van der Waals surface area contributed by atoms with E-state index in [9.17, 15) is 0 Å². The smallest absolute Gasteiger partial charge is 0.0722 e. The zero-order chi connectivity index (χ0) is 12.3. The van der Waals surface area contributed by atoms with Crippen LogP contribution in [0.2, 0.25) is 0 Å². The van der Waals surface area contributed by atoms with Crippen LogP contribution in [0, 0.1) is 0 Å². The van der Waals surface area contributed by atoms with Crippen LogP contribution < -0.4 is 10.2 Å². The van der Waals surface area contributed by atoms with Crippen molar-refractivity contribution >= 4 is 21.6 Å². The van der Waals surface area contributed by atoms with Crippen LogP contribution >= 0.6 is 15.9 Å². The lowest BCUT2D eigenvalue weighted by atomic mass is 10.1. The van der Waals surface area contributed by atoms with E-state index in [1.54, 1.807) is 0 Å². The van der Waals surface area contributed by atoms with Gasteiger partial charge < -0.3 is 15.0 Å². The molecule has 0 saturated carbocycles. The third-order valence-corrected chi connectivity index (χ3v) is 3.75. The summed E-state index contributed by atoms with van der Waals surface area (Å²) in [4.78, 5) is 2.38. The highest BCUT2D eigenvalue weighted by molar-refractivity contribution is 9.10. The molecule has 17 heavy (non-hydrogen) atoms. The predicted octanol–water partition coefficient (Wildman–Crippen LogP) is 2.39. The number of ether oxygens (including phenoxy) is 1. The quantitative estimate of drug-likeness (QED) is 0.927. The molecule has 2 rings (SSSR count). The van der Waals surface area contributed by atoms with Crippen LogP contribution in [0.15, 0.2) is 22.7 Å². The third-order valence-electron chi connectivity index (χ3n) is 3.01. The van der Waals surface area contributed by atoms with E-state index in [0.717, 1.165) is 26.2 Å². The monoisotopic (exact) mass is 298 g/mol. The van der Waals surface area contributed by atoms with Crippen molar-refractivity contribution in [1.82, 2.24) is 5.32 Å². The standard InChI is InChI=1S/C13H19BrN2O/c1-10-9-16(5-6-17-10)12-4-3-11(8-15-2)13(14)7-12/h3-4,7,10,15H,5-6,8-9H2,1-2H3. The van der Waals surface area contributed by atoms with Gasteiger partial charge in [0.25, 0.3) is 0 Å². The molecule has 94 valence electrons. The van der Waals surface area contributed by atoms with Crippen LogP contribution in [0.1, 0.15) is 12.5 Å². The maximum atomic E-state index is 5.56. The Morgan fingerprint density at radius 2 is 2.35 bits per heavy atom. The fourth-order valence-electron chi connectivity index (χ4n) is 2.12. The number of anilines is 1. The van der Waals surface area contributed by atoms with Crippen molar-refractivity contribution in [1.29, 1.82) is 0 Å². The second kappa shape index (κ2) is 5.85. The summed E-state index contributed by atoms with van der Waals surface area (Å²) in [6.45, 7) is 5.77. The Labute approximate surface area is 111 Å². The zero-order valence-electron chi connectivity index (χ0n) is 10.4. The molecule has 1 saturated heterocycles. The molecule has 0 radical (unpaired) electrons. The molecule has 1 unspecified atom stereocenters. The summed E-state index contributed by atoms with van der Waals surface area (Å²) >= 11 is 3.63. The maximum absolute atomic E-state index is 5.56. The van der Waals surface area contributed by atoms with Gasteiger partial charge >= 0.3 is 0 Å². The van der Waals surface area contributed by atoms with Gasteiger partial charge in [0.2, 0.25) is 0 Å². The van der Waals surface area contributed by atoms with Crippen molar-refractivity contribution in [2.45, 2.75) is 19.6 Å². The Morgan fingerprint density at radius 1 is 1.53 bits per heavy atom. The molecule has 0 aliphatic carbocycles. The van der Waals surface area contributed by atoms with Crippen LogP contribution in [-0.2, 0) is 11.3 Å². The van der Waals surface area contributed by atoms with Crippen LogP contribution in [-0.4, -0.2) is 32.8 Å². The molecule has 1 N–H and O–H groups in total. The van der Waals surface area contributed by atoms with E-state index in [1.807, 2.05) is 7.05 Å². The second-order valence-electron chi connectivity index (χ2n) is 4.43. The first kappa shape index (κ1) is 12.9. The highest BCUT2D eigenvalue weighted by Crippen LogP contribution is 2.25. The molecule has 1 aromatic carbocycles. The molecule has 1 aliphatic heterocycles. The molecule has 1 atom stereocenters. The number of benzene rings is 1. The van der Waals surface area contributed by atoms with Crippen LogP contribution in [0.25, 0.3) is 0 Å². The highest BCUT2D eigenvalue weighted by Gasteiger charge is 2.17. The van der Waals surface area contributed by atoms with Crippen molar-refractivity contribution in [3.05, 3.63) is 28.2 Å². The Kier molecular flexibility index (Phi) is 4.42. The topological polar surface area (TPSA) is 24.5 Å². The minimum atomic E-state index is 0.319. The molecular formula is C13H19BrN2O. The lowest BCUT2D eigenvalue weighted by Crippen LogP contribution is -2.41. The summed E-state index contributed by atoms with van der Waals surface area (Å²) < 4.78 is 6.73. The van der Waals surface area contributed by atoms with Gasteiger partial charge in [0, 0.05) is 29.8 Å². The predicted molar refractivity (Wildman–Crippen MR) is 74.5 cm³/mol. The van der Waals surface area contributed by atoms with Gasteiger partial charge in [0.05, 0.1) is 12.7 Å². The summed E-state index contributed by atoms with van der Waals surface area (Å²) in [6, 6.07) is 6.57. The largest absolute Gasteiger partial charge is 0.375 e. The maximum Gasteiger partial charge on any atom is 0.0722 e. The van der Waals surface area contributed by atoms with Crippen LogP contribution in [0.4, 0.5) is 5.69 Å². The molecule has 0 amide bonds. The SMILES string of the molecule is CNCc1ccc(N2CCOC(C)C2)cc1Br. The number of nitrogens with zero attached hydrogens (tertiary/aromatic N) is 1. The normalized spacial score (nSPS) is 20.6. The van der Waals surface area contributed by atoms with Gasteiger partial charge in [-0.3, -0.25) is 0 Å². The first-order valence-electron chi connectivity index (χ1n) is 6.00. The lowest BCUT2D eigenvalue weighted by Gasteiger charge is -2.33. The average molecular weight is 299 g/mol. The van der Waals surface area contributed by atoms with Crippen molar-refractivity contribution in [2.75, 3.05) is 31.6 Å². The molecular weight excluding hydrogens is 280 g/mol. The van der Waals surface area contributed by atoms with Crippen molar-refractivity contribution in [3.63, 3.8) is 0 Å². The van der Waals surface area contributed by atoms with Gasteiger partial charge in [0.15, 0.2) is 0 Å². The molecule has 3 nitrogen and oxygen atoms in total. The number of rotatable bonds is 3. The summed E-state index contributed by atoms with van der Waals surface area (Å²) in [6.07, 6.45) is 0.319. The van der Waals surface area contributed by atoms with Gasteiger partial charge in [-0.15, -0.1) is 0 Å². The number of halogens is 1. The van der Waals surface area contributed by atoms with E-state index >= 15 is 0 Å². The van der Waals surface area contributed by atoms with Gasteiger partial charge in [-0.05, 0) is 31.7 Å². The molecule has 1 aliphatic rings. The van der Waals surface area contributed by atoms with Gasteiger partial charge in [-0.25, -0.2) is 0 Å². The van der Waals surface area contributed by atoms with E-state index in [-0.39, 0.29) is 0 Å². The molecule has 0 aromatic heterocycles. The van der Waals surface area contributed by atoms with Crippen molar-refractivity contribution in [2.24, 2.45) is 0 Å². The summed E-state index contributed by atoms with van der Waals surface area (Å²) in [5.41, 5.74) is 2.56. The molecule has 4 heteroatoms. The molecule has 1 fully saturated rings. The Balaban J connectivity index is 2.13. The number of nitrogens with one attached hydrogen (secondary N) is 1. The Bertz CT molecular complexity index is 384. The van der Waals surface area contributed by atoms with Crippen LogP contribution in [0.5, 0.6) is 0 Å². The highest BCUT2D eigenvalue weighted by atomic mass is 79.9. The van der Waals surface area contributed by atoms with Gasteiger partial charge in [-0.2, -0.15) is 0 Å². The van der Waals surface area contributed by atoms with Gasteiger partial charge in [-0.1, -0.05) is 22.0 Å². The Hall–Kier alpha value is -0.580. The third kappa shape index (κ3) is 3.21. The van der Waals surface area contributed by atoms with Crippen molar-refractivity contribution < 1.29 is 4.74 Å². The fourth-order valence-corrected chi connectivity index (χ4v) is 2.63.